The number of nitro groups is 1. The third-order valence-electron chi connectivity index (χ3n) is 2.87. The van der Waals surface area contributed by atoms with E-state index in [0.29, 0.717) is 0 Å². The Labute approximate surface area is 101 Å². The number of nitrogens with zero attached hydrogens (tertiary/aromatic N) is 1. The van der Waals surface area contributed by atoms with Crippen molar-refractivity contribution in [3.63, 3.8) is 0 Å². The summed E-state index contributed by atoms with van der Waals surface area (Å²) in [5.41, 5.74) is 3.00. The topological polar surface area (TPSA) is 60.2 Å². The van der Waals surface area contributed by atoms with Gasteiger partial charge in [0.2, 0.25) is 6.54 Å². The van der Waals surface area contributed by atoms with Crippen LogP contribution in [0.5, 0.6) is 0 Å². The lowest BCUT2D eigenvalue weighted by Gasteiger charge is -2.17. The SMILES string of the molecule is Cc1cc(C)cc([C@H](C[N+](=O)[O-])[C@@H](C)C=O)c1. The Balaban J connectivity index is 3.11. The number of aldehydes is 1. The van der Waals surface area contributed by atoms with Crippen LogP contribution in [0.25, 0.3) is 0 Å². The maximum Gasteiger partial charge on any atom is 0.211 e. The van der Waals surface area contributed by atoms with Crippen LogP contribution in [0.15, 0.2) is 18.2 Å². The average Bonchev–Trinajstić information content (AvgIpc) is 2.23. The summed E-state index contributed by atoms with van der Waals surface area (Å²) in [5.74, 6) is -0.692. The van der Waals surface area contributed by atoms with Crippen LogP contribution in [0.3, 0.4) is 0 Å². The van der Waals surface area contributed by atoms with E-state index in [4.69, 9.17) is 0 Å². The molecule has 1 aromatic carbocycles. The molecule has 0 aliphatic carbocycles. The average molecular weight is 235 g/mol. The molecule has 0 radical (unpaired) electrons. The fraction of sp³-hybridized carbons (Fsp3) is 0.462. The monoisotopic (exact) mass is 235 g/mol. The van der Waals surface area contributed by atoms with Crippen molar-refractivity contribution in [2.24, 2.45) is 5.92 Å². The molecule has 4 nitrogen and oxygen atoms in total. The van der Waals surface area contributed by atoms with Crippen LogP contribution in [-0.2, 0) is 4.79 Å². The number of rotatable bonds is 5. The van der Waals surface area contributed by atoms with Crippen LogP contribution in [0.2, 0.25) is 0 Å². The molecule has 0 amide bonds. The summed E-state index contributed by atoms with van der Waals surface area (Å²) in [6.45, 7) is 5.41. The first-order valence-corrected chi connectivity index (χ1v) is 5.59. The van der Waals surface area contributed by atoms with Crippen LogP contribution in [0, 0.1) is 29.9 Å². The van der Waals surface area contributed by atoms with Crippen molar-refractivity contribution in [3.05, 3.63) is 45.0 Å². The van der Waals surface area contributed by atoms with Gasteiger partial charge < -0.3 is 4.79 Å². The number of carbonyl (C=O) groups is 1. The number of benzene rings is 1. The number of hydrogen-bond donors (Lipinski definition) is 0. The van der Waals surface area contributed by atoms with Gasteiger partial charge in [0.1, 0.15) is 6.29 Å². The standard InChI is InChI=1S/C13H17NO3/c1-9-4-10(2)6-12(5-9)13(7-14(16)17)11(3)8-15/h4-6,8,11,13H,7H2,1-3H3/t11-,13+/m0/s1. The normalized spacial score (nSPS) is 14.1. The summed E-state index contributed by atoms with van der Waals surface area (Å²) in [6, 6.07) is 5.85. The minimum absolute atomic E-state index is 0.206. The van der Waals surface area contributed by atoms with E-state index in [0.717, 1.165) is 23.0 Å². The Morgan fingerprint density at radius 2 is 1.82 bits per heavy atom. The number of aryl methyl sites for hydroxylation is 2. The van der Waals surface area contributed by atoms with Crippen molar-refractivity contribution in [1.29, 1.82) is 0 Å². The van der Waals surface area contributed by atoms with E-state index < -0.39 is 0 Å². The summed E-state index contributed by atoms with van der Waals surface area (Å²) >= 11 is 0. The van der Waals surface area contributed by atoms with Crippen molar-refractivity contribution in [1.82, 2.24) is 0 Å². The molecule has 0 saturated carbocycles. The predicted octanol–water partition coefficient (Wildman–Crippen LogP) is 2.50. The summed E-state index contributed by atoms with van der Waals surface area (Å²) in [6.07, 6.45) is 0.784. The van der Waals surface area contributed by atoms with E-state index in [1.165, 1.54) is 0 Å². The molecule has 4 heteroatoms. The molecule has 1 aromatic rings. The van der Waals surface area contributed by atoms with Gasteiger partial charge in [-0.25, -0.2) is 0 Å². The molecule has 0 unspecified atom stereocenters. The Kier molecular flexibility index (Phi) is 4.37. The maximum absolute atomic E-state index is 10.8. The first-order valence-electron chi connectivity index (χ1n) is 5.59. The smallest absolute Gasteiger partial charge is 0.211 e. The third kappa shape index (κ3) is 3.66. The van der Waals surface area contributed by atoms with Gasteiger partial charge in [0.05, 0.1) is 5.92 Å². The molecular weight excluding hydrogens is 218 g/mol. The Bertz CT molecular complexity index is 408. The van der Waals surface area contributed by atoms with Crippen molar-refractivity contribution in [3.8, 4) is 0 Å². The lowest BCUT2D eigenvalue weighted by atomic mass is 9.86. The zero-order valence-electron chi connectivity index (χ0n) is 10.3. The maximum atomic E-state index is 10.8. The molecule has 0 aromatic heterocycles. The van der Waals surface area contributed by atoms with Gasteiger partial charge in [-0.15, -0.1) is 0 Å². The molecule has 17 heavy (non-hydrogen) atoms. The highest BCUT2D eigenvalue weighted by Gasteiger charge is 2.24. The number of hydrogen-bond acceptors (Lipinski definition) is 3. The first-order chi connectivity index (χ1) is 7.93. The second-order valence-electron chi connectivity index (χ2n) is 4.54. The molecule has 1 rings (SSSR count). The molecule has 0 saturated heterocycles. The molecule has 2 atom stereocenters. The van der Waals surface area contributed by atoms with Crippen molar-refractivity contribution < 1.29 is 9.72 Å². The molecule has 0 heterocycles. The van der Waals surface area contributed by atoms with E-state index in [9.17, 15) is 14.9 Å². The summed E-state index contributed by atoms with van der Waals surface area (Å²) < 4.78 is 0. The lowest BCUT2D eigenvalue weighted by Crippen LogP contribution is -2.20. The fourth-order valence-electron chi connectivity index (χ4n) is 2.05. The van der Waals surface area contributed by atoms with Gasteiger partial charge in [-0.3, -0.25) is 10.1 Å². The summed E-state index contributed by atoms with van der Waals surface area (Å²) in [5, 5.41) is 10.7. The van der Waals surface area contributed by atoms with Gasteiger partial charge in [0, 0.05) is 10.8 Å². The Hall–Kier alpha value is -1.71. The largest absolute Gasteiger partial charge is 0.303 e. The zero-order chi connectivity index (χ0) is 13.0. The van der Waals surface area contributed by atoms with Crippen LogP contribution in [-0.4, -0.2) is 17.8 Å². The van der Waals surface area contributed by atoms with E-state index in [1.54, 1.807) is 6.92 Å². The van der Waals surface area contributed by atoms with Gasteiger partial charge in [0.15, 0.2) is 0 Å². The molecular formula is C13H17NO3. The second kappa shape index (κ2) is 5.57. The zero-order valence-corrected chi connectivity index (χ0v) is 10.3. The Morgan fingerprint density at radius 3 is 2.24 bits per heavy atom. The van der Waals surface area contributed by atoms with Gasteiger partial charge >= 0.3 is 0 Å². The van der Waals surface area contributed by atoms with E-state index in [-0.39, 0.29) is 23.3 Å². The molecule has 0 spiro atoms. The molecule has 0 N–H and O–H groups in total. The summed E-state index contributed by atoms with van der Waals surface area (Å²) in [7, 11) is 0. The fourth-order valence-corrected chi connectivity index (χ4v) is 2.05. The van der Waals surface area contributed by atoms with E-state index in [1.807, 2.05) is 32.0 Å². The highest BCUT2D eigenvalue weighted by atomic mass is 16.6. The third-order valence-corrected chi connectivity index (χ3v) is 2.87. The first kappa shape index (κ1) is 13.4. The van der Waals surface area contributed by atoms with Crippen LogP contribution >= 0.6 is 0 Å². The van der Waals surface area contributed by atoms with Crippen molar-refractivity contribution in [2.45, 2.75) is 26.7 Å². The van der Waals surface area contributed by atoms with Crippen molar-refractivity contribution in [2.75, 3.05) is 6.54 Å². The van der Waals surface area contributed by atoms with Crippen LogP contribution in [0.4, 0.5) is 0 Å². The highest BCUT2D eigenvalue weighted by Crippen LogP contribution is 2.25. The minimum Gasteiger partial charge on any atom is -0.303 e. The highest BCUT2D eigenvalue weighted by molar-refractivity contribution is 5.55. The quantitative estimate of drug-likeness (QED) is 0.447. The number of carbonyl (C=O) groups excluding carboxylic acids is 1. The molecule has 0 bridgehead atoms. The molecule has 0 aliphatic rings. The second-order valence-corrected chi connectivity index (χ2v) is 4.54. The molecule has 92 valence electrons. The Morgan fingerprint density at radius 1 is 1.29 bits per heavy atom. The van der Waals surface area contributed by atoms with Gasteiger partial charge in [-0.2, -0.15) is 0 Å². The van der Waals surface area contributed by atoms with Gasteiger partial charge in [-0.1, -0.05) is 36.2 Å². The van der Waals surface area contributed by atoms with Crippen molar-refractivity contribution >= 4 is 6.29 Å². The van der Waals surface area contributed by atoms with E-state index in [2.05, 4.69) is 0 Å². The lowest BCUT2D eigenvalue weighted by molar-refractivity contribution is -0.484. The molecule has 0 fully saturated rings. The van der Waals surface area contributed by atoms with Gasteiger partial charge in [0.25, 0.3) is 0 Å². The van der Waals surface area contributed by atoms with Crippen LogP contribution < -0.4 is 0 Å². The van der Waals surface area contributed by atoms with E-state index >= 15 is 0 Å². The predicted molar refractivity (Wildman–Crippen MR) is 65.7 cm³/mol. The van der Waals surface area contributed by atoms with Crippen LogP contribution in [0.1, 0.15) is 29.5 Å². The minimum atomic E-state index is -0.359. The molecule has 0 aliphatic heterocycles. The van der Waals surface area contributed by atoms with Gasteiger partial charge in [-0.05, 0) is 19.4 Å². The summed E-state index contributed by atoms with van der Waals surface area (Å²) in [4.78, 5) is 21.2.